The summed E-state index contributed by atoms with van der Waals surface area (Å²) in [7, 11) is 2.06. The zero-order chi connectivity index (χ0) is 15.1. The van der Waals surface area contributed by atoms with Crippen LogP contribution >= 0.6 is 11.8 Å². The molecule has 0 aliphatic carbocycles. The molecule has 20 heavy (non-hydrogen) atoms. The highest BCUT2D eigenvalue weighted by molar-refractivity contribution is 7.99. The molecule has 4 nitrogen and oxygen atoms in total. The predicted octanol–water partition coefficient (Wildman–Crippen LogP) is 3.52. The van der Waals surface area contributed by atoms with Gasteiger partial charge in [0.1, 0.15) is 0 Å². The van der Waals surface area contributed by atoms with Crippen molar-refractivity contribution in [2.75, 3.05) is 17.7 Å². The van der Waals surface area contributed by atoms with Gasteiger partial charge >= 0.3 is 0 Å². The number of oxime groups is 1. The fourth-order valence-corrected chi connectivity index (χ4v) is 3.08. The van der Waals surface area contributed by atoms with Crippen molar-refractivity contribution in [1.82, 2.24) is 0 Å². The fraction of sp³-hybridized carbons (Fsp3) is 0.533. The van der Waals surface area contributed by atoms with Gasteiger partial charge in [-0.1, -0.05) is 31.5 Å². The maximum atomic E-state index is 9.06. The first-order valence-electron chi connectivity index (χ1n) is 7.03. The summed E-state index contributed by atoms with van der Waals surface area (Å²) < 4.78 is 0. The second-order valence-corrected chi connectivity index (χ2v) is 6.12. The van der Waals surface area contributed by atoms with Gasteiger partial charge in [-0.05, 0) is 31.2 Å². The third-order valence-corrected chi connectivity index (χ3v) is 4.36. The van der Waals surface area contributed by atoms with Crippen molar-refractivity contribution in [1.29, 1.82) is 0 Å². The largest absolute Gasteiger partial charge is 0.409 e. The average Bonchev–Trinajstić information content (AvgIpc) is 2.46. The number of nitrogens with two attached hydrogens (primary N) is 1. The first kappa shape index (κ1) is 16.7. The normalized spacial score (nSPS) is 13.3. The molecule has 1 unspecified atom stereocenters. The van der Waals surface area contributed by atoms with Gasteiger partial charge in [0.25, 0.3) is 0 Å². The van der Waals surface area contributed by atoms with E-state index in [1.54, 1.807) is 11.8 Å². The summed E-state index contributed by atoms with van der Waals surface area (Å²) in [6, 6.07) is 6.48. The van der Waals surface area contributed by atoms with E-state index in [-0.39, 0.29) is 5.84 Å². The van der Waals surface area contributed by atoms with Gasteiger partial charge in [-0.15, -0.1) is 11.8 Å². The third kappa shape index (κ3) is 3.82. The maximum absolute atomic E-state index is 9.06. The van der Waals surface area contributed by atoms with E-state index >= 15 is 0 Å². The van der Waals surface area contributed by atoms with Crippen LogP contribution in [0.2, 0.25) is 0 Å². The molecule has 0 radical (unpaired) electrons. The van der Waals surface area contributed by atoms with Gasteiger partial charge in [0.2, 0.25) is 0 Å². The van der Waals surface area contributed by atoms with Crippen molar-refractivity contribution in [2.45, 2.75) is 44.6 Å². The molecule has 1 aromatic rings. The van der Waals surface area contributed by atoms with E-state index in [1.807, 2.05) is 18.2 Å². The highest BCUT2D eigenvalue weighted by Crippen LogP contribution is 2.31. The molecule has 0 saturated carbocycles. The van der Waals surface area contributed by atoms with E-state index in [0.717, 1.165) is 34.7 Å². The van der Waals surface area contributed by atoms with Crippen molar-refractivity contribution in [3.8, 4) is 0 Å². The Kier molecular flexibility index (Phi) is 6.71. The fourth-order valence-electron chi connectivity index (χ4n) is 2.25. The van der Waals surface area contributed by atoms with E-state index in [0.29, 0.717) is 6.04 Å². The molecule has 1 rings (SSSR count). The summed E-state index contributed by atoms with van der Waals surface area (Å²) in [5, 5.41) is 12.3. The van der Waals surface area contributed by atoms with Gasteiger partial charge in [0.05, 0.1) is 5.56 Å². The lowest BCUT2D eigenvalue weighted by Crippen LogP contribution is -2.31. The lowest BCUT2D eigenvalue weighted by Gasteiger charge is -2.29. The van der Waals surface area contributed by atoms with Crippen LogP contribution in [0, 0.1) is 0 Å². The first-order valence-corrected chi connectivity index (χ1v) is 8.01. The van der Waals surface area contributed by atoms with Crippen LogP contribution in [0.3, 0.4) is 0 Å². The summed E-state index contributed by atoms with van der Waals surface area (Å²) in [5.41, 5.74) is 7.74. The van der Waals surface area contributed by atoms with Gasteiger partial charge < -0.3 is 15.8 Å². The smallest absolute Gasteiger partial charge is 0.173 e. The molecule has 0 fully saturated rings. The van der Waals surface area contributed by atoms with Gasteiger partial charge in [0.15, 0.2) is 5.84 Å². The molecule has 112 valence electrons. The quantitative estimate of drug-likeness (QED) is 0.266. The Labute approximate surface area is 126 Å². The molecule has 1 aromatic carbocycles. The van der Waals surface area contributed by atoms with E-state index < -0.39 is 0 Å². The monoisotopic (exact) mass is 295 g/mol. The van der Waals surface area contributed by atoms with E-state index in [1.165, 1.54) is 0 Å². The van der Waals surface area contributed by atoms with E-state index in [2.05, 4.69) is 37.9 Å². The molecule has 0 saturated heterocycles. The summed E-state index contributed by atoms with van der Waals surface area (Å²) in [5.74, 6) is 1.12. The second-order valence-electron chi connectivity index (χ2n) is 4.82. The van der Waals surface area contributed by atoms with Crippen LogP contribution in [0.25, 0.3) is 0 Å². The standard InChI is InChI=1S/C15H25N3OS/c1-5-8-11(3)18(4)12-9-7-10-13(20-6-2)14(12)15(16)17-19/h7,9-11,19H,5-6,8H2,1-4H3,(H2,16,17). The van der Waals surface area contributed by atoms with Gasteiger partial charge in [-0.25, -0.2) is 0 Å². The number of rotatable bonds is 7. The van der Waals surface area contributed by atoms with Crippen LogP contribution in [-0.2, 0) is 0 Å². The zero-order valence-corrected chi connectivity index (χ0v) is 13.6. The summed E-state index contributed by atoms with van der Waals surface area (Å²) in [6.07, 6.45) is 2.24. The number of amidine groups is 1. The molecule has 0 bridgehead atoms. The first-order chi connectivity index (χ1) is 9.56. The van der Waals surface area contributed by atoms with E-state index in [9.17, 15) is 0 Å². The lowest BCUT2D eigenvalue weighted by atomic mass is 10.1. The number of anilines is 1. The van der Waals surface area contributed by atoms with Gasteiger partial charge in [-0.2, -0.15) is 0 Å². The Morgan fingerprint density at radius 1 is 1.45 bits per heavy atom. The molecule has 0 amide bonds. The van der Waals surface area contributed by atoms with E-state index in [4.69, 9.17) is 10.9 Å². The van der Waals surface area contributed by atoms with Crippen LogP contribution < -0.4 is 10.6 Å². The highest BCUT2D eigenvalue weighted by atomic mass is 32.2. The number of nitrogens with zero attached hydrogens (tertiary/aromatic N) is 2. The summed E-state index contributed by atoms with van der Waals surface area (Å²) >= 11 is 1.70. The van der Waals surface area contributed by atoms with Crippen molar-refractivity contribution in [2.24, 2.45) is 10.9 Å². The van der Waals surface area contributed by atoms with Crippen LogP contribution in [0.1, 0.15) is 39.2 Å². The Morgan fingerprint density at radius 2 is 2.15 bits per heavy atom. The molecular weight excluding hydrogens is 270 g/mol. The molecular formula is C15H25N3OS. The highest BCUT2D eigenvalue weighted by Gasteiger charge is 2.18. The molecule has 3 N–H and O–H groups in total. The minimum atomic E-state index is 0.173. The predicted molar refractivity (Wildman–Crippen MR) is 88.1 cm³/mol. The molecule has 5 heteroatoms. The van der Waals surface area contributed by atoms with Crippen molar-refractivity contribution >= 4 is 23.3 Å². The van der Waals surface area contributed by atoms with Crippen LogP contribution in [-0.4, -0.2) is 29.9 Å². The number of benzene rings is 1. The second kappa shape index (κ2) is 8.04. The molecule has 0 aromatic heterocycles. The SMILES string of the molecule is CCCC(C)N(C)c1cccc(SCC)c1/C(N)=N/O. The van der Waals surface area contributed by atoms with Crippen molar-refractivity contribution in [3.05, 3.63) is 23.8 Å². The van der Waals surface area contributed by atoms with Crippen molar-refractivity contribution < 1.29 is 5.21 Å². The Morgan fingerprint density at radius 3 is 2.70 bits per heavy atom. The lowest BCUT2D eigenvalue weighted by molar-refractivity contribution is 0.318. The minimum absolute atomic E-state index is 0.173. The molecule has 0 heterocycles. The number of hydrogen-bond acceptors (Lipinski definition) is 4. The van der Waals surface area contributed by atoms with Crippen LogP contribution in [0.5, 0.6) is 0 Å². The molecule has 1 atom stereocenters. The van der Waals surface area contributed by atoms with Gasteiger partial charge in [0, 0.05) is 23.7 Å². The van der Waals surface area contributed by atoms with Gasteiger partial charge in [-0.3, -0.25) is 0 Å². The Hall–Kier alpha value is -1.36. The summed E-state index contributed by atoms with van der Waals surface area (Å²) in [6.45, 7) is 6.47. The Bertz CT molecular complexity index is 462. The van der Waals surface area contributed by atoms with Crippen molar-refractivity contribution in [3.63, 3.8) is 0 Å². The molecule has 0 aliphatic heterocycles. The maximum Gasteiger partial charge on any atom is 0.173 e. The number of hydrogen-bond donors (Lipinski definition) is 2. The number of thioether (sulfide) groups is 1. The minimum Gasteiger partial charge on any atom is -0.409 e. The molecule has 0 aliphatic rings. The summed E-state index contributed by atoms with van der Waals surface area (Å²) in [4.78, 5) is 3.26. The van der Waals surface area contributed by atoms with Crippen LogP contribution in [0.4, 0.5) is 5.69 Å². The average molecular weight is 295 g/mol. The topological polar surface area (TPSA) is 61.8 Å². The third-order valence-electron chi connectivity index (χ3n) is 3.42. The molecule has 0 spiro atoms. The Balaban J connectivity index is 3.27. The van der Waals surface area contributed by atoms with Crippen LogP contribution in [0.15, 0.2) is 28.3 Å². The zero-order valence-electron chi connectivity index (χ0n) is 12.8.